The lowest BCUT2D eigenvalue weighted by Crippen LogP contribution is -1.70. The molecule has 0 saturated carbocycles. The maximum absolute atomic E-state index is 10.2. The number of rotatable bonds is 1. The zero-order valence-corrected chi connectivity index (χ0v) is 4.92. The van der Waals surface area contributed by atoms with E-state index in [4.69, 9.17) is 0 Å². The number of hydrogen-bond acceptors (Lipinski definition) is 1. The van der Waals surface area contributed by atoms with Crippen molar-refractivity contribution in [2.75, 3.05) is 0 Å². The fraction of sp³-hybridized carbons (Fsp3) is 0.200. The summed E-state index contributed by atoms with van der Waals surface area (Å²) in [6.45, 7) is 4.92. The highest BCUT2D eigenvalue weighted by atomic mass is 32.2. The van der Waals surface area contributed by atoms with E-state index in [1.807, 2.05) is 0 Å². The van der Waals surface area contributed by atoms with Crippen LogP contribution in [0.25, 0.3) is 0 Å². The standard InChI is InChI=1S/C5H6OS/c1-3-5-7(6)4-2/h4H,2H2,1H3. The smallest absolute Gasteiger partial charge is 0.122 e. The molecule has 7 heavy (non-hydrogen) atoms. The minimum atomic E-state index is -1.12. The van der Waals surface area contributed by atoms with E-state index in [9.17, 15) is 4.21 Å². The van der Waals surface area contributed by atoms with Gasteiger partial charge in [-0.1, -0.05) is 12.5 Å². The van der Waals surface area contributed by atoms with Gasteiger partial charge in [-0.2, -0.15) is 0 Å². The van der Waals surface area contributed by atoms with Crippen LogP contribution in [0.5, 0.6) is 0 Å². The van der Waals surface area contributed by atoms with Crippen molar-refractivity contribution in [2.45, 2.75) is 6.92 Å². The van der Waals surface area contributed by atoms with Crippen LogP contribution in [0.1, 0.15) is 6.92 Å². The van der Waals surface area contributed by atoms with E-state index in [0.717, 1.165) is 0 Å². The molecular weight excluding hydrogens is 108 g/mol. The SMILES string of the molecule is C=CS(=O)C#CC. The van der Waals surface area contributed by atoms with E-state index in [1.165, 1.54) is 5.41 Å². The van der Waals surface area contributed by atoms with Crippen LogP contribution in [-0.2, 0) is 10.8 Å². The van der Waals surface area contributed by atoms with Gasteiger partial charge in [0, 0.05) is 10.7 Å². The molecule has 38 valence electrons. The Hall–Kier alpha value is -0.550. The van der Waals surface area contributed by atoms with Gasteiger partial charge in [0.05, 0.1) is 0 Å². The average Bonchev–Trinajstić information content (AvgIpc) is 1.68. The topological polar surface area (TPSA) is 17.1 Å². The van der Waals surface area contributed by atoms with E-state index in [-0.39, 0.29) is 0 Å². The van der Waals surface area contributed by atoms with Gasteiger partial charge < -0.3 is 0 Å². The second-order valence-corrected chi connectivity index (χ2v) is 1.95. The largest absolute Gasteiger partial charge is 0.241 e. The van der Waals surface area contributed by atoms with Gasteiger partial charge in [-0.05, 0) is 6.92 Å². The van der Waals surface area contributed by atoms with Crippen LogP contribution in [0.3, 0.4) is 0 Å². The van der Waals surface area contributed by atoms with Crippen molar-refractivity contribution in [3.05, 3.63) is 12.0 Å². The van der Waals surface area contributed by atoms with E-state index >= 15 is 0 Å². The fourth-order valence-electron chi connectivity index (χ4n) is 0.142. The second-order valence-electron chi connectivity index (χ2n) is 0.816. The zero-order valence-electron chi connectivity index (χ0n) is 4.10. The van der Waals surface area contributed by atoms with Crippen LogP contribution in [0.15, 0.2) is 12.0 Å². The normalized spacial score (nSPS) is 11.0. The summed E-state index contributed by atoms with van der Waals surface area (Å²) in [5, 5.41) is 3.70. The minimum absolute atomic E-state index is 1.12. The molecular formula is C5H6OS. The molecule has 0 aromatic rings. The van der Waals surface area contributed by atoms with Crippen LogP contribution in [0, 0.1) is 11.2 Å². The molecule has 0 rings (SSSR count). The molecule has 0 aliphatic heterocycles. The molecule has 0 aliphatic carbocycles. The van der Waals surface area contributed by atoms with Gasteiger partial charge >= 0.3 is 0 Å². The Balaban J connectivity index is 3.74. The first kappa shape index (κ1) is 6.45. The van der Waals surface area contributed by atoms with Gasteiger partial charge in [-0.25, -0.2) is 4.21 Å². The lowest BCUT2D eigenvalue weighted by atomic mass is 10.9. The Labute approximate surface area is 45.9 Å². The van der Waals surface area contributed by atoms with E-state index in [1.54, 1.807) is 6.92 Å². The molecule has 2 heteroatoms. The zero-order chi connectivity index (χ0) is 5.70. The van der Waals surface area contributed by atoms with Gasteiger partial charge in [0.1, 0.15) is 10.8 Å². The maximum Gasteiger partial charge on any atom is 0.122 e. The fourth-order valence-corrected chi connectivity index (χ4v) is 0.427. The van der Waals surface area contributed by atoms with Crippen LogP contribution in [0.4, 0.5) is 0 Å². The molecule has 0 amide bonds. The van der Waals surface area contributed by atoms with Crippen LogP contribution >= 0.6 is 0 Å². The van der Waals surface area contributed by atoms with Gasteiger partial charge in [0.25, 0.3) is 0 Å². The lowest BCUT2D eigenvalue weighted by molar-refractivity contribution is 0.694. The Morgan fingerprint density at radius 3 is 2.57 bits per heavy atom. The number of hydrogen-bond donors (Lipinski definition) is 0. The van der Waals surface area contributed by atoms with E-state index < -0.39 is 10.8 Å². The maximum atomic E-state index is 10.2. The molecule has 1 atom stereocenters. The van der Waals surface area contributed by atoms with Crippen molar-refractivity contribution >= 4 is 10.8 Å². The molecule has 0 fully saturated rings. The summed E-state index contributed by atoms with van der Waals surface area (Å²) in [7, 11) is -1.12. The van der Waals surface area contributed by atoms with Crippen molar-refractivity contribution in [1.29, 1.82) is 0 Å². The monoisotopic (exact) mass is 114 g/mol. The summed E-state index contributed by atoms with van der Waals surface area (Å²) < 4.78 is 10.2. The molecule has 0 radical (unpaired) electrons. The highest BCUT2D eigenvalue weighted by Crippen LogP contribution is 1.74. The Morgan fingerprint density at radius 1 is 1.86 bits per heavy atom. The lowest BCUT2D eigenvalue weighted by Gasteiger charge is -1.69. The van der Waals surface area contributed by atoms with Gasteiger partial charge in [0.15, 0.2) is 0 Å². The first-order chi connectivity index (χ1) is 3.31. The molecule has 0 saturated heterocycles. The summed E-state index contributed by atoms with van der Waals surface area (Å²) in [6.07, 6.45) is 0. The molecule has 1 unspecified atom stereocenters. The molecule has 0 aliphatic rings. The first-order valence-electron chi connectivity index (χ1n) is 1.76. The summed E-state index contributed by atoms with van der Waals surface area (Å²) in [4.78, 5) is 0. The summed E-state index contributed by atoms with van der Waals surface area (Å²) in [6, 6.07) is 0. The molecule has 0 spiro atoms. The quantitative estimate of drug-likeness (QED) is 0.462. The third-order valence-electron chi connectivity index (χ3n) is 0.354. The van der Waals surface area contributed by atoms with Crippen molar-refractivity contribution in [2.24, 2.45) is 0 Å². The van der Waals surface area contributed by atoms with Gasteiger partial charge in [0.2, 0.25) is 0 Å². The summed E-state index contributed by atoms with van der Waals surface area (Å²) in [5.74, 6) is 2.50. The highest BCUT2D eigenvalue weighted by Gasteiger charge is 1.74. The predicted molar refractivity (Wildman–Crippen MR) is 31.8 cm³/mol. The van der Waals surface area contributed by atoms with Crippen molar-refractivity contribution in [3.8, 4) is 11.2 Å². The Bertz CT molecular complexity index is 138. The van der Waals surface area contributed by atoms with Crippen molar-refractivity contribution in [1.82, 2.24) is 0 Å². The Morgan fingerprint density at radius 2 is 2.43 bits per heavy atom. The van der Waals surface area contributed by atoms with E-state index in [2.05, 4.69) is 17.8 Å². The van der Waals surface area contributed by atoms with E-state index in [0.29, 0.717) is 0 Å². The summed E-state index contributed by atoms with van der Waals surface area (Å²) in [5.41, 5.74) is 0. The van der Waals surface area contributed by atoms with Gasteiger partial charge in [-0.3, -0.25) is 0 Å². The highest BCUT2D eigenvalue weighted by molar-refractivity contribution is 7.92. The Kier molecular flexibility index (Phi) is 3.35. The molecule has 0 aromatic carbocycles. The second kappa shape index (κ2) is 3.63. The van der Waals surface area contributed by atoms with Gasteiger partial charge in [-0.15, -0.1) is 0 Å². The average molecular weight is 114 g/mol. The van der Waals surface area contributed by atoms with Crippen molar-refractivity contribution in [3.63, 3.8) is 0 Å². The predicted octanol–water partition coefficient (Wildman–Crippen LogP) is 0.859. The molecule has 0 bridgehead atoms. The van der Waals surface area contributed by atoms with Crippen LogP contribution < -0.4 is 0 Å². The summed E-state index contributed by atoms with van der Waals surface area (Å²) >= 11 is 0. The molecule has 1 nitrogen and oxygen atoms in total. The third-order valence-corrected chi connectivity index (χ3v) is 1.06. The van der Waals surface area contributed by atoms with Crippen LogP contribution in [-0.4, -0.2) is 4.21 Å². The molecule has 0 aromatic heterocycles. The van der Waals surface area contributed by atoms with Crippen molar-refractivity contribution < 1.29 is 4.21 Å². The minimum Gasteiger partial charge on any atom is -0.241 e. The molecule has 0 N–H and O–H groups in total. The first-order valence-corrected chi connectivity index (χ1v) is 2.98. The third kappa shape index (κ3) is 3.28. The molecule has 0 heterocycles. The van der Waals surface area contributed by atoms with Crippen LogP contribution in [0.2, 0.25) is 0 Å².